The summed E-state index contributed by atoms with van der Waals surface area (Å²) in [6.07, 6.45) is 3.29. The van der Waals surface area contributed by atoms with E-state index in [9.17, 15) is 4.79 Å². The summed E-state index contributed by atoms with van der Waals surface area (Å²) < 4.78 is 0. The molecule has 0 atom stereocenters. The molecular formula is C16H27N5O. The Kier molecular flexibility index (Phi) is 6.58. The molecule has 1 aliphatic heterocycles. The van der Waals surface area contributed by atoms with Gasteiger partial charge in [-0.15, -0.1) is 10.2 Å². The molecule has 1 fully saturated rings. The first-order chi connectivity index (χ1) is 10.7. The lowest BCUT2D eigenvalue weighted by molar-refractivity contribution is 0.0947. The van der Waals surface area contributed by atoms with Crippen molar-refractivity contribution in [3.63, 3.8) is 0 Å². The van der Waals surface area contributed by atoms with Crippen LogP contribution in [0, 0.1) is 0 Å². The third-order valence-corrected chi connectivity index (χ3v) is 4.09. The van der Waals surface area contributed by atoms with Crippen molar-refractivity contribution in [1.82, 2.24) is 20.4 Å². The number of piperazine rings is 1. The maximum atomic E-state index is 11.9. The van der Waals surface area contributed by atoms with Crippen LogP contribution in [0.25, 0.3) is 0 Å². The minimum absolute atomic E-state index is 0.133. The molecule has 1 aliphatic rings. The Hall–Kier alpha value is -1.69. The molecule has 0 radical (unpaired) electrons. The molecule has 1 amide bonds. The van der Waals surface area contributed by atoms with Gasteiger partial charge in [-0.25, -0.2) is 0 Å². The van der Waals surface area contributed by atoms with E-state index >= 15 is 0 Å². The van der Waals surface area contributed by atoms with Crippen LogP contribution >= 0.6 is 0 Å². The van der Waals surface area contributed by atoms with E-state index in [0.717, 1.165) is 57.8 Å². The topological polar surface area (TPSA) is 61.4 Å². The highest BCUT2D eigenvalue weighted by atomic mass is 16.1. The Labute approximate surface area is 132 Å². The summed E-state index contributed by atoms with van der Waals surface area (Å²) in [7, 11) is 0. The second-order valence-electron chi connectivity index (χ2n) is 5.66. The molecule has 6 heteroatoms. The lowest BCUT2D eigenvalue weighted by atomic mass is 10.2. The molecule has 0 saturated carbocycles. The molecule has 1 aromatic heterocycles. The molecule has 6 nitrogen and oxygen atoms in total. The number of hydrogen-bond acceptors (Lipinski definition) is 5. The first kappa shape index (κ1) is 16.7. The van der Waals surface area contributed by atoms with Crippen LogP contribution < -0.4 is 10.2 Å². The van der Waals surface area contributed by atoms with Crippen LogP contribution in [0.1, 0.15) is 43.6 Å². The van der Waals surface area contributed by atoms with Crippen molar-refractivity contribution in [3.8, 4) is 0 Å². The molecule has 122 valence electrons. The maximum absolute atomic E-state index is 11.9. The average Bonchev–Trinajstić information content (AvgIpc) is 2.59. The van der Waals surface area contributed by atoms with Crippen LogP contribution in [0.2, 0.25) is 0 Å². The van der Waals surface area contributed by atoms with Gasteiger partial charge in [-0.2, -0.15) is 0 Å². The summed E-state index contributed by atoms with van der Waals surface area (Å²) in [6.45, 7) is 10.2. The van der Waals surface area contributed by atoms with Gasteiger partial charge in [-0.05, 0) is 25.1 Å². The summed E-state index contributed by atoms with van der Waals surface area (Å²) in [5.74, 6) is 0.726. The van der Waals surface area contributed by atoms with E-state index in [0.29, 0.717) is 12.2 Å². The first-order valence-electron chi connectivity index (χ1n) is 8.33. The second kappa shape index (κ2) is 8.68. The lowest BCUT2D eigenvalue weighted by Gasteiger charge is -2.34. The monoisotopic (exact) mass is 305 g/mol. The van der Waals surface area contributed by atoms with Gasteiger partial charge in [0.15, 0.2) is 11.5 Å². The van der Waals surface area contributed by atoms with Gasteiger partial charge in [0.1, 0.15) is 0 Å². The molecule has 0 spiro atoms. The van der Waals surface area contributed by atoms with Gasteiger partial charge in [-0.3, -0.25) is 4.79 Å². The van der Waals surface area contributed by atoms with Gasteiger partial charge in [-0.1, -0.05) is 26.7 Å². The van der Waals surface area contributed by atoms with E-state index in [1.165, 1.54) is 0 Å². The van der Waals surface area contributed by atoms with E-state index in [1.807, 2.05) is 6.07 Å². The molecule has 2 rings (SSSR count). The van der Waals surface area contributed by atoms with Gasteiger partial charge in [0.2, 0.25) is 0 Å². The Morgan fingerprint density at radius 3 is 2.50 bits per heavy atom. The van der Waals surface area contributed by atoms with Crippen molar-refractivity contribution in [2.45, 2.75) is 33.1 Å². The molecule has 0 aliphatic carbocycles. The van der Waals surface area contributed by atoms with E-state index in [2.05, 4.69) is 39.2 Å². The van der Waals surface area contributed by atoms with Crippen LogP contribution in [0.5, 0.6) is 0 Å². The number of unbranched alkanes of at least 4 members (excludes halogenated alkanes) is 2. The summed E-state index contributed by atoms with van der Waals surface area (Å²) in [4.78, 5) is 16.6. The van der Waals surface area contributed by atoms with Crippen LogP contribution in [-0.4, -0.2) is 60.3 Å². The third kappa shape index (κ3) is 4.66. The molecule has 1 aromatic rings. The van der Waals surface area contributed by atoms with Crippen molar-refractivity contribution in [1.29, 1.82) is 0 Å². The molecule has 1 N–H and O–H groups in total. The molecule has 0 unspecified atom stereocenters. The smallest absolute Gasteiger partial charge is 0.271 e. The SMILES string of the molecule is CCCCCNC(=O)c1ccc(N2CCN(CC)CC2)nn1. The first-order valence-corrected chi connectivity index (χ1v) is 8.33. The molecule has 2 heterocycles. The molecule has 0 aromatic carbocycles. The van der Waals surface area contributed by atoms with Crippen molar-refractivity contribution < 1.29 is 4.79 Å². The summed E-state index contributed by atoms with van der Waals surface area (Å²) in [6, 6.07) is 3.67. The highest BCUT2D eigenvalue weighted by molar-refractivity contribution is 5.92. The largest absolute Gasteiger partial charge is 0.353 e. The predicted octanol–water partition coefficient (Wildman–Crippen LogP) is 1.54. The van der Waals surface area contributed by atoms with E-state index < -0.39 is 0 Å². The number of carbonyl (C=O) groups excluding carboxylic acids is 1. The maximum Gasteiger partial charge on any atom is 0.271 e. The number of likely N-dealkylation sites (N-methyl/N-ethyl adjacent to an activating group) is 1. The standard InChI is InChI=1S/C16H27N5O/c1-3-5-6-9-17-16(22)14-7-8-15(19-18-14)21-12-10-20(4-2)11-13-21/h7-8H,3-6,9-13H2,1-2H3,(H,17,22). The van der Waals surface area contributed by atoms with Gasteiger partial charge in [0.05, 0.1) is 0 Å². The fourth-order valence-corrected chi connectivity index (χ4v) is 2.58. The van der Waals surface area contributed by atoms with Crippen molar-refractivity contribution in [2.24, 2.45) is 0 Å². The Balaban J connectivity index is 1.83. The van der Waals surface area contributed by atoms with E-state index in [1.54, 1.807) is 6.07 Å². The zero-order valence-electron chi connectivity index (χ0n) is 13.7. The number of rotatable bonds is 7. The number of nitrogens with one attached hydrogen (secondary N) is 1. The zero-order chi connectivity index (χ0) is 15.8. The number of hydrogen-bond donors (Lipinski definition) is 1. The second-order valence-corrected chi connectivity index (χ2v) is 5.66. The highest BCUT2D eigenvalue weighted by Gasteiger charge is 2.17. The van der Waals surface area contributed by atoms with Gasteiger partial charge in [0.25, 0.3) is 5.91 Å². The van der Waals surface area contributed by atoms with Crippen molar-refractivity contribution in [2.75, 3.05) is 44.2 Å². The van der Waals surface area contributed by atoms with Gasteiger partial charge in [0, 0.05) is 32.7 Å². The summed E-state index contributed by atoms with van der Waals surface area (Å²) in [5.41, 5.74) is 0.396. The zero-order valence-corrected chi connectivity index (χ0v) is 13.7. The van der Waals surface area contributed by atoms with E-state index in [-0.39, 0.29) is 5.91 Å². The van der Waals surface area contributed by atoms with Crippen LogP contribution in [-0.2, 0) is 0 Å². The fourth-order valence-electron chi connectivity index (χ4n) is 2.58. The van der Waals surface area contributed by atoms with Crippen molar-refractivity contribution >= 4 is 11.7 Å². The number of aromatic nitrogens is 2. The lowest BCUT2D eigenvalue weighted by Crippen LogP contribution is -2.46. The Bertz CT molecular complexity index is 454. The minimum Gasteiger partial charge on any atom is -0.353 e. The third-order valence-electron chi connectivity index (χ3n) is 4.09. The van der Waals surface area contributed by atoms with Crippen molar-refractivity contribution in [3.05, 3.63) is 17.8 Å². The number of amides is 1. The van der Waals surface area contributed by atoms with Crippen LogP contribution in [0.15, 0.2) is 12.1 Å². The number of anilines is 1. The quantitative estimate of drug-likeness (QED) is 0.774. The number of nitrogens with zero attached hydrogens (tertiary/aromatic N) is 4. The number of carbonyl (C=O) groups is 1. The molecule has 0 bridgehead atoms. The molecular weight excluding hydrogens is 278 g/mol. The summed E-state index contributed by atoms with van der Waals surface area (Å²) >= 11 is 0. The van der Waals surface area contributed by atoms with Crippen LogP contribution in [0.3, 0.4) is 0 Å². The normalized spacial score (nSPS) is 15.8. The average molecular weight is 305 g/mol. The molecule has 22 heavy (non-hydrogen) atoms. The Morgan fingerprint density at radius 1 is 1.14 bits per heavy atom. The summed E-state index contributed by atoms with van der Waals surface area (Å²) in [5, 5.41) is 11.2. The highest BCUT2D eigenvalue weighted by Crippen LogP contribution is 2.12. The van der Waals surface area contributed by atoms with Crippen LogP contribution in [0.4, 0.5) is 5.82 Å². The minimum atomic E-state index is -0.133. The van der Waals surface area contributed by atoms with Gasteiger partial charge < -0.3 is 15.1 Å². The van der Waals surface area contributed by atoms with Gasteiger partial charge >= 0.3 is 0 Å². The fraction of sp³-hybridized carbons (Fsp3) is 0.688. The van der Waals surface area contributed by atoms with E-state index in [4.69, 9.17) is 0 Å². The molecule has 1 saturated heterocycles. The Morgan fingerprint density at radius 2 is 1.91 bits per heavy atom. The predicted molar refractivity (Wildman–Crippen MR) is 88.2 cm³/mol.